The fraction of sp³-hybridized carbons (Fsp3) is 0.333. The maximum Gasteiger partial charge on any atom is 0.429 e. The minimum atomic E-state index is -0.660. The molecule has 32 heavy (non-hydrogen) atoms. The Labute approximate surface area is 187 Å². The zero-order chi connectivity index (χ0) is 23.5. The molecule has 1 aliphatic rings. The number of amides is 2. The van der Waals surface area contributed by atoms with Crippen molar-refractivity contribution in [2.45, 2.75) is 52.9 Å². The lowest BCUT2D eigenvalue weighted by atomic mass is 10.1. The zero-order valence-corrected chi connectivity index (χ0v) is 18.9. The fourth-order valence-electron chi connectivity index (χ4n) is 3.16. The summed E-state index contributed by atoms with van der Waals surface area (Å²) >= 11 is 0. The fourth-order valence-corrected chi connectivity index (χ4v) is 3.16. The van der Waals surface area contributed by atoms with Gasteiger partial charge in [-0.1, -0.05) is 30.3 Å². The molecule has 1 atom stereocenters. The topological polar surface area (TPSA) is 79.9 Å². The molecule has 0 aromatic heterocycles. The van der Waals surface area contributed by atoms with Crippen LogP contribution in [0.1, 0.15) is 44.4 Å². The number of aryl methyl sites for hydroxylation is 1. The molecule has 0 spiro atoms. The summed E-state index contributed by atoms with van der Waals surface area (Å²) in [6.07, 6.45) is 0.507. The molecule has 2 amide bonds. The summed E-state index contributed by atoms with van der Waals surface area (Å²) in [7, 11) is 0. The van der Waals surface area contributed by atoms with Gasteiger partial charge in [0.25, 0.3) is 0 Å². The van der Waals surface area contributed by atoms with Gasteiger partial charge in [-0.25, -0.2) is 19.0 Å². The van der Waals surface area contributed by atoms with Crippen LogP contribution in [-0.4, -0.2) is 28.8 Å². The van der Waals surface area contributed by atoms with Crippen LogP contribution in [0.15, 0.2) is 48.5 Å². The number of benzene rings is 2. The summed E-state index contributed by atoms with van der Waals surface area (Å²) in [6.45, 7) is 8.88. The van der Waals surface area contributed by atoms with Crippen molar-refractivity contribution in [1.29, 1.82) is 0 Å². The van der Waals surface area contributed by atoms with E-state index in [9.17, 15) is 14.0 Å². The average Bonchev–Trinajstić information content (AvgIpc) is 3.09. The third kappa shape index (κ3) is 5.78. The van der Waals surface area contributed by atoms with Gasteiger partial charge >= 0.3 is 12.2 Å². The first kappa shape index (κ1) is 23.1. The maximum absolute atomic E-state index is 14.8. The molecule has 1 aliphatic heterocycles. The van der Waals surface area contributed by atoms with E-state index in [0.29, 0.717) is 16.9 Å². The Morgan fingerprint density at radius 1 is 1.19 bits per heavy atom. The number of hydrogen-bond donors (Lipinski definition) is 2. The molecule has 2 aromatic rings. The molecule has 3 rings (SSSR count). The number of rotatable bonds is 4. The number of hydrazine groups is 1. The summed E-state index contributed by atoms with van der Waals surface area (Å²) in [6, 6.07) is 11.8. The number of nitrogens with one attached hydrogen (secondary N) is 2. The molecule has 7 nitrogen and oxygen atoms in total. The van der Waals surface area contributed by atoms with E-state index in [1.807, 2.05) is 30.3 Å². The van der Waals surface area contributed by atoms with Gasteiger partial charge in [-0.3, -0.25) is 10.7 Å². The van der Waals surface area contributed by atoms with E-state index in [0.717, 1.165) is 5.56 Å². The molecular formula is C24H28FN3O4. The first-order valence-corrected chi connectivity index (χ1v) is 10.3. The van der Waals surface area contributed by atoms with Crippen LogP contribution in [0, 0.1) is 12.7 Å². The van der Waals surface area contributed by atoms with Gasteiger partial charge in [0.15, 0.2) is 0 Å². The van der Waals surface area contributed by atoms with Crippen LogP contribution in [0.2, 0.25) is 0 Å². The molecule has 0 fully saturated rings. The van der Waals surface area contributed by atoms with Crippen LogP contribution < -0.4 is 10.7 Å². The van der Waals surface area contributed by atoms with Crippen molar-refractivity contribution in [1.82, 2.24) is 10.4 Å². The second-order valence-electron chi connectivity index (χ2n) is 8.62. The highest BCUT2D eigenvalue weighted by atomic mass is 19.1. The van der Waals surface area contributed by atoms with Crippen molar-refractivity contribution in [2.24, 2.45) is 0 Å². The standard InChI is InChI=1S/C24H28FN3O4/c1-15-11-19(25)18(13-20(15)26-22(29)32-24(3,4)5)21-12-16(2)28(27-21)23(30)31-14-17-9-7-6-8-10-17/h6-13,16,27H,14H2,1-5H3,(H,26,29). The van der Waals surface area contributed by atoms with E-state index < -0.39 is 23.6 Å². The number of anilines is 1. The van der Waals surface area contributed by atoms with Crippen molar-refractivity contribution in [3.63, 3.8) is 0 Å². The second kappa shape index (κ2) is 9.30. The van der Waals surface area contributed by atoms with Gasteiger partial charge in [-0.2, -0.15) is 0 Å². The summed E-state index contributed by atoms with van der Waals surface area (Å²) in [5.41, 5.74) is 4.69. The SMILES string of the molecule is Cc1cc(F)c(C2=CC(C)N(C(=O)OCc3ccccc3)N2)cc1NC(=O)OC(C)(C)C. The van der Waals surface area contributed by atoms with Gasteiger partial charge in [0.1, 0.15) is 18.0 Å². The van der Waals surface area contributed by atoms with Crippen molar-refractivity contribution >= 4 is 23.6 Å². The predicted molar refractivity (Wildman–Crippen MR) is 120 cm³/mol. The van der Waals surface area contributed by atoms with E-state index in [-0.39, 0.29) is 18.2 Å². The largest absolute Gasteiger partial charge is 0.444 e. The van der Waals surface area contributed by atoms with E-state index in [4.69, 9.17) is 9.47 Å². The molecule has 1 heterocycles. The third-order valence-electron chi connectivity index (χ3n) is 4.70. The average molecular weight is 442 g/mol. The van der Waals surface area contributed by atoms with Crippen molar-refractivity contribution in [3.8, 4) is 0 Å². The molecule has 0 saturated heterocycles. The molecule has 0 saturated carbocycles. The number of carbonyl (C=O) groups is 2. The summed E-state index contributed by atoms with van der Waals surface area (Å²) in [5, 5.41) is 3.94. The minimum Gasteiger partial charge on any atom is -0.444 e. The van der Waals surface area contributed by atoms with Gasteiger partial charge in [0.05, 0.1) is 11.7 Å². The molecule has 8 heteroatoms. The first-order valence-electron chi connectivity index (χ1n) is 10.3. The molecule has 1 unspecified atom stereocenters. The lowest BCUT2D eigenvalue weighted by Crippen LogP contribution is -2.42. The number of ether oxygens (including phenoxy) is 2. The van der Waals surface area contributed by atoms with E-state index in [1.165, 1.54) is 17.1 Å². The highest BCUT2D eigenvalue weighted by Crippen LogP contribution is 2.28. The zero-order valence-electron chi connectivity index (χ0n) is 18.9. The summed E-state index contributed by atoms with van der Waals surface area (Å²) < 4.78 is 25.4. The van der Waals surface area contributed by atoms with Crippen molar-refractivity contribution < 1.29 is 23.5 Å². The monoisotopic (exact) mass is 441 g/mol. The predicted octanol–water partition coefficient (Wildman–Crippen LogP) is 5.37. The number of halogens is 1. The van der Waals surface area contributed by atoms with Crippen LogP contribution in [-0.2, 0) is 16.1 Å². The van der Waals surface area contributed by atoms with Gasteiger partial charge in [0, 0.05) is 11.3 Å². The van der Waals surface area contributed by atoms with Crippen LogP contribution in [0.4, 0.5) is 19.7 Å². The van der Waals surface area contributed by atoms with E-state index in [1.54, 1.807) is 40.7 Å². The van der Waals surface area contributed by atoms with Crippen molar-refractivity contribution in [2.75, 3.05) is 5.32 Å². The number of carbonyl (C=O) groups excluding carboxylic acids is 2. The normalized spacial score (nSPS) is 15.6. The van der Waals surface area contributed by atoms with Gasteiger partial charge < -0.3 is 9.47 Å². The van der Waals surface area contributed by atoms with Crippen LogP contribution in [0.25, 0.3) is 5.70 Å². The highest BCUT2D eigenvalue weighted by Gasteiger charge is 2.29. The van der Waals surface area contributed by atoms with Crippen LogP contribution in [0.3, 0.4) is 0 Å². The Kier molecular flexibility index (Phi) is 6.72. The van der Waals surface area contributed by atoms with E-state index in [2.05, 4.69) is 10.7 Å². The molecular weight excluding hydrogens is 413 g/mol. The Morgan fingerprint density at radius 3 is 2.53 bits per heavy atom. The third-order valence-corrected chi connectivity index (χ3v) is 4.70. The molecule has 2 aromatic carbocycles. The maximum atomic E-state index is 14.8. The lowest BCUT2D eigenvalue weighted by molar-refractivity contribution is 0.0635. The summed E-state index contributed by atoms with van der Waals surface area (Å²) in [5.74, 6) is -0.484. The Bertz CT molecular complexity index is 1030. The first-order chi connectivity index (χ1) is 15.0. The smallest absolute Gasteiger partial charge is 0.429 e. The van der Waals surface area contributed by atoms with Gasteiger partial charge in [0.2, 0.25) is 0 Å². The molecule has 170 valence electrons. The number of hydrogen-bond acceptors (Lipinski definition) is 5. The summed E-state index contributed by atoms with van der Waals surface area (Å²) in [4.78, 5) is 24.7. The lowest BCUT2D eigenvalue weighted by Gasteiger charge is -2.22. The van der Waals surface area contributed by atoms with Gasteiger partial charge in [-0.05, 0) is 64.0 Å². The Morgan fingerprint density at radius 2 is 1.88 bits per heavy atom. The van der Waals surface area contributed by atoms with Crippen molar-refractivity contribution in [3.05, 3.63) is 71.0 Å². The Balaban J connectivity index is 1.71. The van der Waals surface area contributed by atoms with Gasteiger partial charge in [-0.15, -0.1) is 0 Å². The quantitative estimate of drug-likeness (QED) is 0.667. The molecule has 0 radical (unpaired) electrons. The van der Waals surface area contributed by atoms with Crippen LogP contribution in [0.5, 0.6) is 0 Å². The molecule has 0 aliphatic carbocycles. The second-order valence-corrected chi connectivity index (χ2v) is 8.62. The molecule has 2 N–H and O–H groups in total. The Hall–Kier alpha value is -3.55. The molecule has 0 bridgehead atoms. The van der Waals surface area contributed by atoms with E-state index >= 15 is 0 Å². The highest BCUT2D eigenvalue weighted by molar-refractivity contribution is 5.87. The number of nitrogens with zero attached hydrogens (tertiary/aromatic N) is 1. The van der Waals surface area contributed by atoms with Crippen LogP contribution >= 0.6 is 0 Å². The minimum absolute atomic E-state index is 0.128.